The van der Waals surface area contributed by atoms with Crippen LogP contribution in [0.15, 0.2) is 66.7 Å². The van der Waals surface area contributed by atoms with Gasteiger partial charge < -0.3 is 5.11 Å². The number of fused-ring (bicyclic) bond motifs is 3. The molecular weight excluding hydrogens is 332 g/mol. The first-order valence-electron chi connectivity index (χ1n) is 7.62. The lowest BCUT2D eigenvalue weighted by molar-refractivity contribution is -0.246. The van der Waals surface area contributed by atoms with Crippen LogP contribution in [0.2, 0.25) is 0 Å². The lowest BCUT2D eigenvalue weighted by Gasteiger charge is -2.28. The van der Waals surface area contributed by atoms with Gasteiger partial charge in [-0.25, -0.2) is 4.39 Å². The molecule has 1 nitrogen and oxygen atoms in total. The first-order chi connectivity index (χ1) is 11.8. The number of halogens is 4. The number of alkyl halides is 3. The molecule has 0 spiro atoms. The largest absolute Gasteiger partial charge is 0.425 e. The van der Waals surface area contributed by atoms with Crippen molar-refractivity contribution < 1.29 is 22.7 Å². The molecule has 1 aliphatic carbocycles. The fourth-order valence-corrected chi connectivity index (χ4v) is 3.38. The minimum atomic E-state index is -4.87. The fourth-order valence-electron chi connectivity index (χ4n) is 3.38. The molecule has 1 unspecified atom stereocenters. The van der Waals surface area contributed by atoms with Crippen molar-refractivity contribution in [1.29, 1.82) is 0 Å². The Labute approximate surface area is 141 Å². The van der Waals surface area contributed by atoms with Crippen LogP contribution in [0, 0.1) is 5.82 Å². The molecule has 0 aromatic heterocycles. The smallest absolute Gasteiger partial charge is 0.372 e. The van der Waals surface area contributed by atoms with E-state index in [-0.39, 0.29) is 11.1 Å². The molecule has 1 atom stereocenters. The van der Waals surface area contributed by atoms with Crippen molar-refractivity contribution in [2.75, 3.05) is 0 Å². The molecule has 0 aliphatic heterocycles. The zero-order chi connectivity index (χ0) is 17.8. The molecule has 0 bridgehead atoms. The Morgan fingerprint density at radius 1 is 0.720 bits per heavy atom. The third-order valence-electron chi connectivity index (χ3n) is 4.60. The van der Waals surface area contributed by atoms with Crippen LogP contribution in [-0.4, -0.2) is 11.3 Å². The Bertz CT molecular complexity index is 960. The van der Waals surface area contributed by atoms with Gasteiger partial charge in [0.05, 0.1) is 0 Å². The van der Waals surface area contributed by atoms with Crippen LogP contribution in [-0.2, 0) is 5.60 Å². The van der Waals surface area contributed by atoms with Crippen LogP contribution < -0.4 is 0 Å². The second-order valence-corrected chi connectivity index (χ2v) is 6.02. The highest BCUT2D eigenvalue weighted by atomic mass is 19.4. The predicted octanol–water partition coefficient (Wildman–Crippen LogP) is 5.27. The second kappa shape index (κ2) is 5.17. The van der Waals surface area contributed by atoms with Gasteiger partial charge in [-0.05, 0) is 40.5 Å². The fraction of sp³-hybridized carbons (Fsp3) is 0.100. The van der Waals surface area contributed by atoms with E-state index in [0.717, 1.165) is 0 Å². The van der Waals surface area contributed by atoms with Gasteiger partial charge in [-0.3, -0.25) is 0 Å². The Hall–Kier alpha value is -2.66. The highest BCUT2D eigenvalue weighted by Gasteiger charge is 2.60. The van der Waals surface area contributed by atoms with Crippen LogP contribution >= 0.6 is 0 Å². The van der Waals surface area contributed by atoms with E-state index in [1.165, 1.54) is 42.5 Å². The number of aliphatic hydroxyl groups is 1. The van der Waals surface area contributed by atoms with Gasteiger partial charge in [0, 0.05) is 11.1 Å². The third kappa shape index (κ3) is 2.19. The monoisotopic (exact) mass is 344 g/mol. The van der Waals surface area contributed by atoms with Crippen LogP contribution in [0.25, 0.3) is 22.3 Å². The van der Waals surface area contributed by atoms with Crippen LogP contribution in [0.4, 0.5) is 17.6 Å². The molecule has 126 valence electrons. The van der Waals surface area contributed by atoms with Gasteiger partial charge in [-0.15, -0.1) is 0 Å². The van der Waals surface area contributed by atoms with Crippen molar-refractivity contribution in [3.05, 3.63) is 83.7 Å². The van der Waals surface area contributed by atoms with E-state index in [4.69, 9.17) is 0 Å². The Kier molecular flexibility index (Phi) is 3.27. The number of benzene rings is 3. The summed E-state index contributed by atoms with van der Waals surface area (Å²) in [5, 5.41) is 10.7. The van der Waals surface area contributed by atoms with Gasteiger partial charge in [-0.1, -0.05) is 48.5 Å². The molecule has 0 saturated carbocycles. The molecule has 0 amide bonds. The molecule has 5 heteroatoms. The van der Waals surface area contributed by atoms with Crippen molar-refractivity contribution in [2.24, 2.45) is 0 Å². The maximum Gasteiger partial charge on any atom is 0.425 e. The van der Waals surface area contributed by atoms with Crippen molar-refractivity contribution in [3.63, 3.8) is 0 Å². The van der Waals surface area contributed by atoms with Gasteiger partial charge in [0.2, 0.25) is 5.60 Å². The first-order valence-corrected chi connectivity index (χ1v) is 7.62. The van der Waals surface area contributed by atoms with E-state index in [2.05, 4.69) is 0 Å². The maximum absolute atomic E-state index is 13.8. The number of hydrogen-bond donors (Lipinski definition) is 1. The molecule has 0 radical (unpaired) electrons. The summed E-state index contributed by atoms with van der Waals surface area (Å²) in [6.07, 6.45) is -4.87. The molecule has 0 fully saturated rings. The topological polar surface area (TPSA) is 20.2 Å². The highest BCUT2D eigenvalue weighted by molar-refractivity contribution is 5.83. The summed E-state index contributed by atoms with van der Waals surface area (Å²) < 4.78 is 54.5. The average molecular weight is 344 g/mol. The average Bonchev–Trinajstić information content (AvgIpc) is 2.86. The summed E-state index contributed by atoms with van der Waals surface area (Å²) in [4.78, 5) is 0. The molecule has 3 aromatic rings. The van der Waals surface area contributed by atoms with Gasteiger partial charge >= 0.3 is 6.18 Å². The lowest BCUT2D eigenvalue weighted by atomic mass is 9.89. The van der Waals surface area contributed by atoms with Gasteiger partial charge in [-0.2, -0.15) is 13.2 Å². The van der Waals surface area contributed by atoms with E-state index < -0.39 is 17.6 Å². The van der Waals surface area contributed by atoms with Crippen LogP contribution in [0.1, 0.15) is 11.1 Å². The minimum Gasteiger partial charge on any atom is -0.372 e. The first kappa shape index (κ1) is 15.8. The molecule has 4 rings (SSSR count). The molecule has 0 saturated heterocycles. The summed E-state index contributed by atoms with van der Waals surface area (Å²) in [5.41, 5.74) is -1.67. The molecule has 1 N–H and O–H groups in total. The van der Waals surface area contributed by atoms with E-state index in [1.54, 1.807) is 24.3 Å². The second-order valence-electron chi connectivity index (χ2n) is 6.02. The maximum atomic E-state index is 13.8. The van der Waals surface area contributed by atoms with Crippen LogP contribution in [0.5, 0.6) is 0 Å². The molecule has 0 heterocycles. The third-order valence-corrected chi connectivity index (χ3v) is 4.60. The van der Waals surface area contributed by atoms with E-state index in [9.17, 15) is 22.7 Å². The Balaban J connectivity index is 1.97. The molecule has 1 aliphatic rings. The Morgan fingerprint density at radius 3 is 2.00 bits per heavy atom. The summed E-state index contributed by atoms with van der Waals surface area (Å²) in [6, 6.07) is 16.0. The zero-order valence-electron chi connectivity index (χ0n) is 12.8. The SMILES string of the molecule is OC1(C(F)(F)F)c2ccccc2-c2ccc(-c3ccc(F)cc3)cc21. The molecule has 3 aromatic carbocycles. The van der Waals surface area contributed by atoms with E-state index in [0.29, 0.717) is 22.3 Å². The van der Waals surface area contributed by atoms with Crippen LogP contribution in [0.3, 0.4) is 0 Å². The molecular formula is C20H12F4O. The van der Waals surface area contributed by atoms with E-state index in [1.807, 2.05) is 0 Å². The standard InChI is InChI=1S/C20H12F4O/c21-14-8-5-12(6-9-14)13-7-10-16-15-3-1-2-4-17(15)19(25,18(16)11-13)20(22,23)24/h1-11,25H. The summed E-state index contributed by atoms with van der Waals surface area (Å²) >= 11 is 0. The van der Waals surface area contributed by atoms with Crippen molar-refractivity contribution >= 4 is 0 Å². The summed E-state index contributed by atoms with van der Waals surface area (Å²) in [7, 11) is 0. The highest BCUT2D eigenvalue weighted by Crippen LogP contribution is 2.55. The summed E-state index contributed by atoms with van der Waals surface area (Å²) in [5.74, 6) is -0.427. The Morgan fingerprint density at radius 2 is 1.32 bits per heavy atom. The minimum absolute atomic E-state index is 0.172. The number of rotatable bonds is 1. The number of hydrogen-bond acceptors (Lipinski definition) is 1. The molecule has 25 heavy (non-hydrogen) atoms. The normalized spacial score (nSPS) is 18.8. The van der Waals surface area contributed by atoms with Gasteiger partial charge in [0.15, 0.2) is 0 Å². The van der Waals surface area contributed by atoms with Crippen molar-refractivity contribution in [2.45, 2.75) is 11.8 Å². The van der Waals surface area contributed by atoms with Gasteiger partial charge in [0.25, 0.3) is 0 Å². The quantitative estimate of drug-likeness (QED) is 0.596. The predicted molar refractivity (Wildman–Crippen MR) is 86.3 cm³/mol. The summed E-state index contributed by atoms with van der Waals surface area (Å²) in [6.45, 7) is 0. The lowest BCUT2D eigenvalue weighted by Crippen LogP contribution is -2.41. The van der Waals surface area contributed by atoms with Crippen molar-refractivity contribution in [3.8, 4) is 22.3 Å². The van der Waals surface area contributed by atoms with E-state index >= 15 is 0 Å². The van der Waals surface area contributed by atoms with Gasteiger partial charge in [0.1, 0.15) is 5.82 Å². The van der Waals surface area contributed by atoms with Crippen molar-refractivity contribution in [1.82, 2.24) is 0 Å². The zero-order valence-corrected chi connectivity index (χ0v) is 12.8.